The zero-order valence-corrected chi connectivity index (χ0v) is 8.61. The summed E-state index contributed by atoms with van der Waals surface area (Å²) in [6, 6.07) is 1.57. The van der Waals surface area contributed by atoms with Gasteiger partial charge in [-0.05, 0) is 13.0 Å². The molecule has 0 radical (unpaired) electrons. The standard InChI is InChI=1S/C8H9ClO3S/c1-2-12-8(11)7-6(9)3-5(4-10)13-7/h3,10H,2,4H2,1H3. The molecule has 0 atom stereocenters. The molecule has 1 heterocycles. The van der Waals surface area contributed by atoms with Gasteiger partial charge < -0.3 is 9.84 Å². The topological polar surface area (TPSA) is 46.5 Å². The van der Waals surface area contributed by atoms with Gasteiger partial charge in [0.1, 0.15) is 4.88 Å². The number of thiophene rings is 1. The molecular formula is C8H9ClO3S. The minimum atomic E-state index is -0.433. The van der Waals surface area contributed by atoms with Gasteiger partial charge in [0.05, 0.1) is 18.2 Å². The lowest BCUT2D eigenvalue weighted by molar-refractivity contribution is 0.0532. The van der Waals surface area contributed by atoms with Crippen molar-refractivity contribution in [3.8, 4) is 0 Å². The van der Waals surface area contributed by atoms with Crippen LogP contribution in [0.25, 0.3) is 0 Å². The lowest BCUT2D eigenvalue weighted by Crippen LogP contribution is -2.02. The molecule has 1 N–H and O–H groups in total. The van der Waals surface area contributed by atoms with E-state index in [9.17, 15) is 4.79 Å². The van der Waals surface area contributed by atoms with Crippen LogP contribution in [0, 0.1) is 0 Å². The Morgan fingerprint density at radius 2 is 2.46 bits per heavy atom. The van der Waals surface area contributed by atoms with Gasteiger partial charge in [-0.3, -0.25) is 0 Å². The van der Waals surface area contributed by atoms with Crippen molar-refractivity contribution in [1.82, 2.24) is 0 Å². The van der Waals surface area contributed by atoms with Gasteiger partial charge in [-0.1, -0.05) is 11.6 Å². The Balaban J connectivity index is 2.87. The van der Waals surface area contributed by atoms with Crippen LogP contribution in [-0.2, 0) is 11.3 Å². The zero-order valence-electron chi connectivity index (χ0n) is 7.04. The largest absolute Gasteiger partial charge is 0.462 e. The SMILES string of the molecule is CCOC(=O)c1sc(CO)cc1Cl. The molecule has 0 aliphatic rings. The van der Waals surface area contributed by atoms with E-state index in [1.165, 1.54) is 0 Å². The lowest BCUT2D eigenvalue weighted by Gasteiger charge is -1.97. The second-order valence-electron chi connectivity index (χ2n) is 2.27. The number of aliphatic hydroxyl groups is 1. The lowest BCUT2D eigenvalue weighted by atomic mass is 10.4. The Labute approximate surface area is 84.9 Å². The Bertz CT molecular complexity index is 308. The molecule has 0 unspecified atom stereocenters. The summed E-state index contributed by atoms with van der Waals surface area (Å²) in [5, 5.41) is 9.13. The summed E-state index contributed by atoms with van der Waals surface area (Å²) in [6.45, 7) is 1.94. The molecule has 0 bridgehead atoms. The second kappa shape index (κ2) is 4.60. The number of halogens is 1. The van der Waals surface area contributed by atoms with Crippen molar-refractivity contribution in [1.29, 1.82) is 0 Å². The van der Waals surface area contributed by atoms with Gasteiger partial charge in [0, 0.05) is 4.88 Å². The van der Waals surface area contributed by atoms with E-state index in [4.69, 9.17) is 21.4 Å². The van der Waals surface area contributed by atoms with Gasteiger partial charge in [-0.2, -0.15) is 0 Å². The van der Waals surface area contributed by atoms with Crippen LogP contribution in [0.3, 0.4) is 0 Å². The fourth-order valence-corrected chi connectivity index (χ4v) is 2.02. The molecule has 0 aliphatic carbocycles. The molecule has 0 fully saturated rings. The molecule has 0 aromatic carbocycles. The summed E-state index contributed by atoms with van der Waals surface area (Å²) in [4.78, 5) is 12.2. The first-order chi connectivity index (χ1) is 6.19. The molecule has 0 amide bonds. The van der Waals surface area contributed by atoms with Crippen LogP contribution >= 0.6 is 22.9 Å². The number of hydrogen-bond acceptors (Lipinski definition) is 4. The first-order valence-corrected chi connectivity index (χ1v) is 4.94. The molecule has 13 heavy (non-hydrogen) atoms. The highest BCUT2D eigenvalue weighted by Crippen LogP contribution is 2.27. The van der Waals surface area contributed by atoms with Crippen molar-refractivity contribution in [3.05, 3.63) is 20.8 Å². The third-order valence-electron chi connectivity index (χ3n) is 1.35. The van der Waals surface area contributed by atoms with E-state index in [1.54, 1.807) is 13.0 Å². The first-order valence-electron chi connectivity index (χ1n) is 3.75. The van der Waals surface area contributed by atoms with Gasteiger partial charge in [0.25, 0.3) is 0 Å². The average Bonchev–Trinajstić information content (AvgIpc) is 2.47. The van der Waals surface area contributed by atoms with E-state index in [1.807, 2.05) is 0 Å². The summed E-state index contributed by atoms with van der Waals surface area (Å²) in [7, 11) is 0. The predicted octanol–water partition coefficient (Wildman–Crippen LogP) is 2.07. The predicted molar refractivity (Wildman–Crippen MR) is 51.2 cm³/mol. The summed E-state index contributed by atoms with van der Waals surface area (Å²) in [5.74, 6) is -0.433. The molecular weight excluding hydrogens is 212 g/mol. The van der Waals surface area contributed by atoms with Crippen molar-refractivity contribution in [2.24, 2.45) is 0 Å². The summed E-state index contributed by atoms with van der Waals surface area (Å²) in [6.07, 6.45) is 0. The number of rotatable bonds is 3. The number of ether oxygens (including phenoxy) is 1. The van der Waals surface area contributed by atoms with Crippen LogP contribution in [0.2, 0.25) is 5.02 Å². The minimum absolute atomic E-state index is 0.107. The molecule has 72 valence electrons. The highest BCUT2D eigenvalue weighted by Gasteiger charge is 2.15. The molecule has 5 heteroatoms. The van der Waals surface area contributed by atoms with Gasteiger partial charge in [0.2, 0.25) is 0 Å². The maximum Gasteiger partial charge on any atom is 0.349 e. The first kappa shape index (κ1) is 10.5. The molecule has 0 saturated heterocycles. The highest BCUT2D eigenvalue weighted by molar-refractivity contribution is 7.14. The quantitative estimate of drug-likeness (QED) is 0.794. The normalized spacial score (nSPS) is 10.1. The highest BCUT2D eigenvalue weighted by atomic mass is 35.5. The Morgan fingerprint density at radius 1 is 1.77 bits per heavy atom. The molecule has 0 spiro atoms. The number of carbonyl (C=O) groups excluding carboxylic acids is 1. The fraction of sp³-hybridized carbons (Fsp3) is 0.375. The van der Waals surface area contributed by atoms with Crippen LogP contribution < -0.4 is 0 Å². The summed E-state index contributed by atoms with van der Waals surface area (Å²) < 4.78 is 4.77. The van der Waals surface area contributed by atoms with Gasteiger partial charge in [0.15, 0.2) is 0 Å². The number of carbonyl (C=O) groups is 1. The van der Waals surface area contributed by atoms with Crippen LogP contribution in [0.1, 0.15) is 21.5 Å². The third kappa shape index (κ3) is 2.43. The number of hydrogen-bond donors (Lipinski definition) is 1. The number of aliphatic hydroxyl groups excluding tert-OH is 1. The fourth-order valence-electron chi connectivity index (χ4n) is 0.830. The minimum Gasteiger partial charge on any atom is -0.462 e. The Hall–Kier alpha value is -0.580. The van der Waals surface area contributed by atoms with E-state index in [-0.39, 0.29) is 6.61 Å². The van der Waals surface area contributed by atoms with Crippen LogP contribution in [0.4, 0.5) is 0 Å². The van der Waals surface area contributed by atoms with E-state index in [2.05, 4.69) is 0 Å². The van der Waals surface area contributed by atoms with Crippen LogP contribution in [0.5, 0.6) is 0 Å². The van der Waals surface area contributed by atoms with Crippen molar-refractivity contribution >= 4 is 28.9 Å². The maximum atomic E-state index is 11.2. The average molecular weight is 221 g/mol. The molecule has 1 aromatic heterocycles. The molecule has 3 nitrogen and oxygen atoms in total. The van der Waals surface area contributed by atoms with Crippen molar-refractivity contribution in [2.75, 3.05) is 6.61 Å². The van der Waals surface area contributed by atoms with Crippen LogP contribution in [0.15, 0.2) is 6.07 Å². The van der Waals surface area contributed by atoms with E-state index < -0.39 is 5.97 Å². The van der Waals surface area contributed by atoms with Crippen molar-refractivity contribution < 1.29 is 14.6 Å². The zero-order chi connectivity index (χ0) is 9.84. The molecule has 1 aromatic rings. The molecule has 0 aliphatic heterocycles. The van der Waals surface area contributed by atoms with Gasteiger partial charge in [-0.25, -0.2) is 4.79 Å². The van der Waals surface area contributed by atoms with Gasteiger partial charge >= 0.3 is 5.97 Å². The number of esters is 1. The summed E-state index contributed by atoms with van der Waals surface area (Å²) >= 11 is 6.90. The third-order valence-corrected chi connectivity index (χ3v) is 2.86. The Morgan fingerprint density at radius 3 is 2.92 bits per heavy atom. The molecule has 0 saturated carbocycles. The van der Waals surface area contributed by atoms with Gasteiger partial charge in [-0.15, -0.1) is 11.3 Å². The monoisotopic (exact) mass is 220 g/mol. The summed E-state index contributed by atoms with van der Waals surface area (Å²) in [5.41, 5.74) is 0. The second-order valence-corrected chi connectivity index (χ2v) is 3.81. The van der Waals surface area contributed by atoms with Crippen molar-refractivity contribution in [3.63, 3.8) is 0 Å². The van der Waals surface area contributed by atoms with E-state index in [0.717, 1.165) is 11.3 Å². The van der Waals surface area contributed by atoms with Crippen molar-refractivity contribution in [2.45, 2.75) is 13.5 Å². The van der Waals surface area contributed by atoms with E-state index >= 15 is 0 Å². The smallest absolute Gasteiger partial charge is 0.349 e. The van der Waals surface area contributed by atoms with E-state index in [0.29, 0.717) is 21.4 Å². The maximum absolute atomic E-state index is 11.2. The Kier molecular flexibility index (Phi) is 3.71. The molecule has 1 rings (SSSR count). The van der Waals surface area contributed by atoms with Crippen LogP contribution in [-0.4, -0.2) is 17.7 Å².